The van der Waals surface area contributed by atoms with Gasteiger partial charge < -0.3 is 9.47 Å². The number of carbonyl (C=O) groups is 2. The van der Waals surface area contributed by atoms with Crippen molar-refractivity contribution < 1.29 is 19.1 Å². The highest BCUT2D eigenvalue weighted by atomic mass is 16.5. The molecule has 340 valence electrons. The lowest BCUT2D eigenvalue weighted by atomic mass is 9.79. The van der Waals surface area contributed by atoms with E-state index in [0.29, 0.717) is 36.2 Å². The summed E-state index contributed by atoms with van der Waals surface area (Å²) in [5, 5.41) is 0. The zero-order chi connectivity index (χ0) is 44.6. The van der Waals surface area contributed by atoms with Gasteiger partial charge in [0.05, 0.1) is 24.3 Å². The first-order valence-corrected chi connectivity index (χ1v) is 25.0. The summed E-state index contributed by atoms with van der Waals surface area (Å²) >= 11 is 0. The minimum Gasteiger partial charge on any atom is -0.462 e. The van der Waals surface area contributed by atoms with E-state index in [9.17, 15) is 9.59 Å². The summed E-state index contributed by atoms with van der Waals surface area (Å²) < 4.78 is 11.4. The number of ether oxygens (including phenoxy) is 2. The monoisotopic (exact) mass is 845 g/mol. The van der Waals surface area contributed by atoms with Crippen molar-refractivity contribution in [3.8, 4) is 22.3 Å². The van der Waals surface area contributed by atoms with Crippen LogP contribution in [0.2, 0.25) is 0 Å². The molecule has 0 fully saturated rings. The first-order chi connectivity index (χ1) is 30.4. The quantitative estimate of drug-likeness (QED) is 0.0388. The van der Waals surface area contributed by atoms with Crippen molar-refractivity contribution in [3.05, 3.63) is 120 Å². The van der Waals surface area contributed by atoms with E-state index in [4.69, 9.17) is 9.47 Å². The molecule has 4 aromatic carbocycles. The van der Waals surface area contributed by atoms with Gasteiger partial charge in [-0.3, -0.25) is 0 Å². The highest BCUT2D eigenvalue weighted by Gasteiger charge is 2.23. The van der Waals surface area contributed by atoms with Gasteiger partial charge in [0, 0.05) is 0 Å². The van der Waals surface area contributed by atoms with Crippen molar-refractivity contribution in [1.29, 1.82) is 0 Å². The largest absolute Gasteiger partial charge is 0.462 e. The van der Waals surface area contributed by atoms with E-state index in [0.717, 1.165) is 37.5 Å². The average Bonchev–Trinajstić information content (AvgIpc) is 3.32. The van der Waals surface area contributed by atoms with Crippen LogP contribution in [0.1, 0.15) is 191 Å². The van der Waals surface area contributed by atoms with Gasteiger partial charge in [0.2, 0.25) is 0 Å². The van der Waals surface area contributed by atoms with Crippen LogP contribution in [0, 0.1) is 23.7 Å². The molecule has 4 rings (SSSR count). The van der Waals surface area contributed by atoms with Gasteiger partial charge in [-0.2, -0.15) is 0 Å². The Morgan fingerprint density at radius 3 is 0.919 bits per heavy atom. The molecule has 0 amide bonds. The lowest BCUT2D eigenvalue weighted by Crippen LogP contribution is -2.18. The molecule has 0 spiro atoms. The number of hydrogen-bond acceptors (Lipinski definition) is 4. The standard InChI is InChI=1S/C40H70O4.C18H14/c1-7-13-23-33(21-11-5)35(25-15-9-3)27-19-31-43-39(41)37-29-17-18-30-38(37)40(42)44-32-20-28-36(26-16-10-4)34(22-12-6)24-14-8-2;1-3-7-15(8-4-1)17-11-13-18(14-12-17)16-9-5-2-6-10-16/h17-18,29-30,33-36H,7-16,19-28,31-32H2,1-6H3;1-14H. The van der Waals surface area contributed by atoms with E-state index < -0.39 is 11.9 Å². The van der Waals surface area contributed by atoms with Crippen LogP contribution in [0.4, 0.5) is 0 Å². The molecule has 0 aliphatic heterocycles. The van der Waals surface area contributed by atoms with E-state index in [2.05, 4.69) is 114 Å². The van der Waals surface area contributed by atoms with Crippen molar-refractivity contribution in [2.24, 2.45) is 23.7 Å². The van der Waals surface area contributed by atoms with Gasteiger partial charge in [-0.15, -0.1) is 0 Å². The van der Waals surface area contributed by atoms with Gasteiger partial charge in [0.15, 0.2) is 0 Å². The molecule has 4 aromatic rings. The van der Waals surface area contributed by atoms with Crippen LogP contribution in [0.3, 0.4) is 0 Å². The Kier molecular flexibility index (Phi) is 27.3. The molecule has 4 unspecified atom stereocenters. The first-order valence-electron chi connectivity index (χ1n) is 25.0. The number of hydrogen-bond donors (Lipinski definition) is 0. The molecule has 0 aromatic heterocycles. The summed E-state index contributed by atoms with van der Waals surface area (Å²) in [6.45, 7) is 14.5. The molecule has 0 radical (unpaired) electrons. The molecule has 0 aliphatic rings. The first kappa shape index (κ1) is 52.2. The van der Waals surface area contributed by atoms with Crippen molar-refractivity contribution in [2.45, 2.75) is 170 Å². The second-order valence-corrected chi connectivity index (χ2v) is 17.6. The summed E-state index contributed by atoms with van der Waals surface area (Å²) in [6.07, 6.45) is 24.2. The highest BCUT2D eigenvalue weighted by Crippen LogP contribution is 2.33. The average molecular weight is 845 g/mol. The van der Waals surface area contributed by atoms with Gasteiger partial charge in [-0.05, 0) is 83.7 Å². The second-order valence-electron chi connectivity index (χ2n) is 17.6. The van der Waals surface area contributed by atoms with Crippen LogP contribution in [0.15, 0.2) is 109 Å². The zero-order valence-corrected chi connectivity index (χ0v) is 39.9. The molecule has 4 atom stereocenters. The van der Waals surface area contributed by atoms with Gasteiger partial charge in [0.1, 0.15) is 0 Å². The van der Waals surface area contributed by atoms with Crippen molar-refractivity contribution in [3.63, 3.8) is 0 Å². The van der Waals surface area contributed by atoms with Gasteiger partial charge in [-0.25, -0.2) is 9.59 Å². The summed E-state index contributed by atoms with van der Waals surface area (Å²) in [5.74, 6) is 2.11. The van der Waals surface area contributed by atoms with E-state index in [1.54, 1.807) is 24.3 Å². The lowest BCUT2D eigenvalue weighted by molar-refractivity contribution is 0.0441. The van der Waals surface area contributed by atoms with E-state index in [-0.39, 0.29) is 0 Å². The number of carbonyl (C=O) groups excluding carboxylic acids is 2. The summed E-state index contributed by atoms with van der Waals surface area (Å²) in [6, 6.07) is 36.6. The number of esters is 2. The third-order valence-corrected chi connectivity index (χ3v) is 12.7. The Morgan fingerprint density at radius 2 is 0.613 bits per heavy atom. The van der Waals surface area contributed by atoms with E-state index in [1.165, 1.54) is 125 Å². The Morgan fingerprint density at radius 1 is 0.339 bits per heavy atom. The molecule has 0 heterocycles. The molecular weight excluding hydrogens is 761 g/mol. The predicted octanol–water partition coefficient (Wildman–Crippen LogP) is 17.4. The SMILES string of the molecule is CCCCC(CCC)C(CCCC)CCCOC(=O)c1ccccc1C(=O)OCCCC(CCCC)C(CCC)CCCC.c1ccc(-c2ccc(-c3ccccc3)cc2)cc1. The summed E-state index contributed by atoms with van der Waals surface area (Å²) in [5.41, 5.74) is 5.67. The number of benzene rings is 4. The molecule has 4 nitrogen and oxygen atoms in total. The smallest absolute Gasteiger partial charge is 0.339 e. The van der Waals surface area contributed by atoms with Crippen LogP contribution >= 0.6 is 0 Å². The summed E-state index contributed by atoms with van der Waals surface area (Å²) in [7, 11) is 0. The van der Waals surface area contributed by atoms with Crippen LogP contribution in [-0.2, 0) is 9.47 Å². The molecule has 62 heavy (non-hydrogen) atoms. The normalized spacial score (nSPS) is 13.0. The van der Waals surface area contributed by atoms with Gasteiger partial charge in [0.25, 0.3) is 0 Å². The molecule has 4 heteroatoms. The molecule has 0 aliphatic carbocycles. The maximum atomic E-state index is 13.1. The molecule has 0 saturated heterocycles. The maximum Gasteiger partial charge on any atom is 0.339 e. The fourth-order valence-electron chi connectivity index (χ4n) is 9.20. The Hall–Kier alpha value is -4.18. The van der Waals surface area contributed by atoms with E-state index in [1.807, 2.05) is 12.1 Å². The minimum absolute atomic E-state index is 0.315. The van der Waals surface area contributed by atoms with Gasteiger partial charge >= 0.3 is 11.9 Å². The van der Waals surface area contributed by atoms with Crippen LogP contribution in [0.5, 0.6) is 0 Å². The van der Waals surface area contributed by atoms with Crippen molar-refractivity contribution >= 4 is 11.9 Å². The Labute approximate surface area is 379 Å². The molecule has 0 saturated carbocycles. The predicted molar refractivity (Wildman–Crippen MR) is 265 cm³/mol. The topological polar surface area (TPSA) is 52.6 Å². The fraction of sp³-hybridized carbons (Fsp3) is 0.552. The third-order valence-electron chi connectivity index (χ3n) is 12.7. The van der Waals surface area contributed by atoms with Crippen molar-refractivity contribution in [2.75, 3.05) is 13.2 Å². The Bertz CT molecular complexity index is 1590. The second kappa shape index (κ2) is 32.5. The molecular formula is C58H84O4. The van der Waals surface area contributed by atoms with Crippen LogP contribution < -0.4 is 0 Å². The Balaban J connectivity index is 0.000000464. The lowest BCUT2D eigenvalue weighted by Gasteiger charge is -2.27. The van der Waals surface area contributed by atoms with E-state index >= 15 is 0 Å². The summed E-state index contributed by atoms with van der Waals surface area (Å²) in [4.78, 5) is 26.2. The molecule has 0 bridgehead atoms. The molecule has 0 N–H and O–H groups in total. The van der Waals surface area contributed by atoms with Crippen LogP contribution in [0.25, 0.3) is 22.3 Å². The van der Waals surface area contributed by atoms with Crippen LogP contribution in [-0.4, -0.2) is 25.2 Å². The van der Waals surface area contributed by atoms with Gasteiger partial charge in [-0.1, -0.05) is 241 Å². The fourth-order valence-corrected chi connectivity index (χ4v) is 9.20. The highest BCUT2D eigenvalue weighted by molar-refractivity contribution is 6.03. The third kappa shape index (κ3) is 19.5. The number of rotatable bonds is 30. The maximum absolute atomic E-state index is 13.1. The van der Waals surface area contributed by atoms with Crippen molar-refractivity contribution in [1.82, 2.24) is 0 Å². The number of unbranched alkanes of at least 4 members (excludes halogenated alkanes) is 4. The minimum atomic E-state index is -0.420. The zero-order valence-electron chi connectivity index (χ0n) is 39.9.